The number of nitrogens with one attached hydrogen (secondary N) is 2. The second-order valence-corrected chi connectivity index (χ2v) is 6.49. The topological polar surface area (TPSA) is 82.8 Å². The highest BCUT2D eigenvalue weighted by atomic mass is 16.5. The monoisotopic (exact) mass is 353 g/mol. The minimum Gasteiger partial charge on any atom is -0.455 e. The average molecular weight is 353 g/mol. The summed E-state index contributed by atoms with van der Waals surface area (Å²) in [6, 6.07) is 15.4. The lowest BCUT2D eigenvalue weighted by Crippen LogP contribution is -2.77. The molecule has 4 rings (SSSR count). The van der Waals surface area contributed by atoms with Crippen molar-refractivity contribution in [3.05, 3.63) is 83.0 Å². The Labute approximate surface area is 157 Å². The second-order valence-electron chi connectivity index (χ2n) is 6.49. The number of fused-ring (bicyclic) bond motifs is 1. The molecular formula is C22H17N4O+. The van der Waals surface area contributed by atoms with Crippen molar-refractivity contribution in [3.63, 3.8) is 0 Å². The van der Waals surface area contributed by atoms with E-state index in [1.54, 1.807) is 18.2 Å². The van der Waals surface area contributed by atoms with E-state index >= 15 is 0 Å². The Bertz CT molecular complexity index is 1080. The zero-order valence-electron chi connectivity index (χ0n) is 14.7. The first-order chi connectivity index (χ1) is 13.2. The van der Waals surface area contributed by atoms with Crippen LogP contribution in [0.1, 0.15) is 22.3 Å². The Morgan fingerprint density at radius 1 is 1.04 bits per heavy atom. The fraction of sp³-hybridized carbons (Fsp3) is 0.136. The summed E-state index contributed by atoms with van der Waals surface area (Å²) in [5, 5.41) is 22.2. The summed E-state index contributed by atoms with van der Waals surface area (Å²) in [6.45, 7) is 2.02. The van der Waals surface area contributed by atoms with Crippen LogP contribution in [0.15, 0.2) is 60.7 Å². The number of nitrogens with zero attached hydrogens (tertiary/aromatic N) is 2. The number of amidine groups is 1. The lowest BCUT2D eigenvalue weighted by atomic mass is 10.1. The van der Waals surface area contributed by atoms with Crippen molar-refractivity contribution < 1.29 is 9.73 Å². The van der Waals surface area contributed by atoms with Gasteiger partial charge in [0, 0.05) is 0 Å². The Kier molecular flexibility index (Phi) is 4.20. The van der Waals surface area contributed by atoms with Crippen LogP contribution in [0, 0.1) is 29.6 Å². The molecule has 0 amide bonds. The average Bonchev–Trinajstić information content (AvgIpc) is 3.13. The maximum atomic E-state index is 9.45. The fourth-order valence-corrected chi connectivity index (χ4v) is 3.28. The Morgan fingerprint density at radius 2 is 1.89 bits per heavy atom. The second kappa shape index (κ2) is 6.82. The molecule has 0 unspecified atom stereocenters. The van der Waals surface area contributed by atoms with E-state index in [0.717, 1.165) is 17.0 Å². The highest BCUT2D eigenvalue weighted by molar-refractivity contribution is 5.98. The molecule has 5 heteroatoms. The zero-order valence-corrected chi connectivity index (χ0v) is 14.7. The van der Waals surface area contributed by atoms with E-state index in [1.807, 2.05) is 43.3 Å². The first-order valence-electron chi connectivity index (χ1n) is 8.66. The maximum absolute atomic E-state index is 9.45. The van der Waals surface area contributed by atoms with Gasteiger partial charge in [-0.15, -0.1) is 0 Å². The third-order valence-electron chi connectivity index (χ3n) is 4.64. The van der Waals surface area contributed by atoms with Crippen molar-refractivity contribution in [1.82, 2.24) is 5.32 Å². The number of aryl methyl sites for hydroxylation is 1. The number of hydrogen-bond donors (Lipinski definition) is 2. The van der Waals surface area contributed by atoms with E-state index in [1.165, 1.54) is 0 Å². The SMILES string of the molecule is Cc1ccc(Oc2cccc(C#N)c2C#N)c(C2=[NH+][C@@H]3C=CC=C[C@@H]3N2)c1. The largest absolute Gasteiger partial charge is 0.455 e. The first-order valence-corrected chi connectivity index (χ1v) is 8.66. The summed E-state index contributed by atoms with van der Waals surface area (Å²) in [5.41, 5.74) is 2.52. The van der Waals surface area contributed by atoms with Crippen LogP contribution in [0.2, 0.25) is 0 Å². The number of benzene rings is 2. The van der Waals surface area contributed by atoms with Gasteiger partial charge < -0.3 is 4.74 Å². The molecular weight excluding hydrogens is 336 g/mol. The maximum Gasteiger partial charge on any atom is 0.280 e. The molecule has 2 aromatic carbocycles. The Hall–Kier alpha value is -3.83. The van der Waals surface area contributed by atoms with Gasteiger partial charge in [0.1, 0.15) is 34.8 Å². The summed E-state index contributed by atoms with van der Waals surface area (Å²) in [5.74, 6) is 1.88. The summed E-state index contributed by atoms with van der Waals surface area (Å²) >= 11 is 0. The first kappa shape index (κ1) is 16.6. The highest BCUT2D eigenvalue weighted by Crippen LogP contribution is 2.30. The molecule has 5 nitrogen and oxygen atoms in total. The molecule has 0 bridgehead atoms. The van der Waals surface area contributed by atoms with Gasteiger partial charge in [0.15, 0.2) is 12.1 Å². The van der Waals surface area contributed by atoms with Gasteiger partial charge >= 0.3 is 0 Å². The minimum atomic E-state index is 0.190. The molecule has 130 valence electrons. The standard InChI is InChI=1S/C22H16N4O/c1-14-9-10-21(27-20-8-4-5-15(12-23)17(20)13-24)16(11-14)22-25-18-6-2-3-7-19(18)26-22/h2-11,18-19H,1H3,(H,25,26)/p+1/t18-,19+. The highest BCUT2D eigenvalue weighted by Gasteiger charge is 2.34. The third-order valence-corrected chi connectivity index (χ3v) is 4.64. The molecule has 1 aliphatic heterocycles. The lowest BCUT2D eigenvalue weighted by Gasteiger charge is -2.12. The van der Waals surface area contributed by atoms with E-state index in [2.05, 4.69) is 28.5 Å². The Morgan fingerprint density at radius 3 is 2.67 bits per heavy atom. The molecule has 27 heavy (non-hydrogen) atoms. The summed E-state index contributed by atoms with van der Waals surface area (Å²) in [4.78, 5) is 3.48. The predicted molar refractivity (Wildman–Crippen MR) is 101 cm³/mol. The van der Waals surface area contributed by atoms with Gasteiger partial charge in [0.25, 0.3) is 5.84 Å². The molecule has 2 atom stereocenters. The molecule has 0 spiro atoms. The molecule has 1 aliphatic carbocycles. The van der Waals surface area contributed by atoms with Gasteiger partial charge in [0.2, 0.25) is 0 Å². The van der Waals surface area contributed by atoms with Gasteiger partial charge in [-0.3, -0.25) is 10.3 Å². The number of hydrogen-bond acceptors (Lipinski definition) is 4. The van der Waals surface area contributed by atoms with E-state index in [4.69, 9.17) is 4.74 Å². The number of allylic oxidation sites excluding steroid dienone is 2. The van der Waals surface area contributed by atoms with Crippen LogP contribution < -0.4 is 15.0 Å². The summed E-state index contributed by atoms with van der Waals surface area (Å²) in [6.07, 6.45) is 8.29. The van der Waals surface area contributed by atoms with Crippen molar-refractivity contribution in [2.45, 2.75) is 19.0 Å². The smallest absolute Gasteiger partial charge is 0.280 e. The molecule has 2 N–H and O–H groups in total. The Balaban J connectivity index is 1.74. The number of rotatable bonds is 3. The van der Waals surface area contributed by atoms with E-state index < -0.39 is 0 Å². The van der Waals surface area contributed by atoms with Crippen molar-refractivity contribution in [3.8, 4) is 23.6 Å². The van der Waals surface area contributed by atoms with Gasteiger partial charge in [-0.25, -0.2) is 0 Å². The summed E-state index contributed by atoms with van der Waals surface area (Å²) in [7, 11) is 0. The molecule has 0 fully saturated rings. The quantitative estimate of drug-likeness (QED) is 0.882. The molecule has 2 aliphatic rings. The van der Waals surface area contributed by atoms with Crippen molar-refractivity contribution in [2.24, 2.45) is 0 Å². The molecule has 0 saturated carbocycles. The molecule has 2 aromatic rings. The van der Waals surface area contributed by atoms with Gasteiger partial charge in [0.05, 0.1) is 5.56 Å². The van der Waals surface area contributed by atoms with Gasteiger partial charge in [-0.05, 0) is 48.9 Å². The van der Waals surface area contributed by atoms with Gasteiger partial charge in [-0.2, -0.15) is 10.5 Å². The van der Waals surface area contributed by atoms with Crippen LogP contribution in [-0.2, 0) is 0 Å². The minimum absolute atomic E-state index is 0.190. The van der Waals surface area contributed by atoms with Crippen LogP contribution in [-0.4, -0.2) is 17.9 Å². The van der Waals surface area contributed by atoms with Crippen molar-refractivity contribution >= 4 is 5.84 Å². The predicted octanol–water partition coefficient (Wildman–Crippen LogP) is 1.82. The fourth-order valence-electron chi connectivity index (χ4n) is 3.28. The number of nitriles is 2. The molecule has 1 heterocycles. The van der Waals surface area contributed by atoms with Crippen molar-refractivity contribution in [1.29, 1.82) is 10.5 Å². The lowest BCUT2D eigenvalue weighted by molar-refractivity contribution is -0.479. The van der Waals surface area contributed by atoms with Crippen molar-refractivity contribution in [2.75, 3.05) is 0 Å². The number of ether oxygens (including phenoxy) is 1. The van der Waals surface area contributed by atoms with Gasteiger partial charge in [-0.1, -0.05) is 24.3 Å². The van der Waals surface area contributed by atoms with Crippen LogP contribution in [0.4, 0.5) is 0 Å². The molecule has 0 saturated heterocycles. The van der Waals surface area contributed by atoms with Crippen LogP contribution in [0.3, 0.4) is 0 Å². The van der Waals surface area contributed by atoms with Crippen LogP contribution in [0.25, 0.3) is 0 Å². The van der Waals surface area contributed by atoms with E-state index in [0.29, 0.717) is 17.1 Å². The van der Waals surface area contributed by atoms with Crippen LogP contribution in [0.5, 0.6) is 11.5 Å². The van der Waals surface area contributed by atoms with Crippen LogP contribution >= 0.6 is 0 Å². The third kappa shape index (κ3) is 3.07. The normalized spacial score (nSPS) is 19.4. The summed E-state index contributed by atoms with van der Waals surface area (Å²) < 4.78 is 6.08. The molecule has 0 radical (unpaired) electrons. The van der Waals surface area contributed by atoms with E-state index in [-0.39, 0.29) is 17.6 Å². The van der Waals surface area contributed by atoms with E-state index in [9.17, 15) is 10.5 Å². The molecule has 0 aromatic heterocycles. The zero-order chi connectivity index (χ0) is 18.8.